The topological polar surface area (TPSA) is 77.8 Å². The quantitative estimate of drug-likeness (QED) is 0.634. The van der Waals surface area contributed by atoms with E-state index in [0.717, 1.165) is 38.4 Å². The van der Waals surface area contributed by atoms with Crippen molar-refractivity contribution in [1.82, 2.24) is 4.90 Å². The van der Waals surface area contributed by atoms with E-state index < -0.39 is 5.91 Å². The molecule has 2 aromatic carbocycles. The van der Waals surface area contributed by atoms with Gasteiger partial charge in [0, 0.05) is 37.6 Å². The molecule has 1 aliphatic rings. The number of rotatable bonds is 6. The predicted octanol–water partition coefficient (Wildman–Crippen LogP) is 3.93. The third-order valence-corrected chi connectivity index (χ3v) is 5.47. The molecule has 0 atom stereocenters. The summed E-state index contributed by atoms with van der Waals surface area (Å²) in [5.74, 6) is -0.511. The Morgan fingerprint density at radius 2 is 1.61 bits per heavy atom. The Hall–Kier alpha value is -3.58. The standard InChI is InChI=1S/C24H26N4O3/c1-2-27-13-15-28(16-14-27)19-11-9-18(10-12-19)25-23(29)20-6-3-4-7-21(20)26-24(30)22-8-5-17-31-22/h3-12,17H,2,13-16H2,1H3,(H,25,29)(H,26,30). The van der Waals surface area contributed by atoms with E-state index in [1.54, 1.807) is 36.4 Å². The van der Waals surface area contributed by atoms with Crippen molar-refractivity contribution in [2.45, 2.75) is 6.92 Å². The summed E-state index contributed by atoms with van der Waals surface area (Å²) in [4.78, 5) is 29.9. The molecule has 160 valence electrons. The maximum Gasteiger partial charge on any atom is 0.291 e. The van der Waals surface area contributed by atoms with Crippen LogP contribution in [0.4, 0.5) is 17.1 Å². The molecule has 0 unspecified atom stereocenters. The molecule has 0 saturated carbocycles. The minimum Gasteiger partial charge on any atom is -0.459 e. The molecule has 7 heteroatoms. The lowest BCUT2D eigenvalue weighted by atomic mass is 10.1. The molecule has 1 saturated heterocycles. The molecule has 1 aromatic heterocycles. The van der Waals surface area contributed by atoms with E-state index in [0.29, 0.717) is 16.9 Å². The number of amides is 2. The number of furan rings is 1. The van der Waals surface area contributed by atoms with E-state index in [2.05, 4.69) is 27.4 Å². The van der Waals surface area contributed by atoms with Gasteiger partial charge in [-0.3, -0.25) is 9.59 Å². The van der Waals surface area contributed by atoms with Crippen LogP contribution in [-0.2, 0) is 0 Å². The molecule has 0 spiro atoms. The van der Waals surface area contributed by atoms with E-state index in [1.807, 2.05) is 24.3 Å². The first kappa shape index (κ1) is 20.7. The minimum absolute atomic E-state index is 0.186. The van der Waals surface area contributed by atoms with Gasteiger partial charge in [0.05, 0.1) is 17.5 Å². The third-order valence-electron chi connectivity index (χ3n) is 5.47. The van der Waals surface area contributed by atoms with Crippen molar-refractivity contribution in [2.75, 3.05) is 48.3 Å². The lowest BCUT2D eigenvalue weighted by molar-refractivity contribution is 0.0996. The second-order valence-corrected chi connectivity index (χ2v) is 7.40. The van der Waals surface area contributed by atoms with E-state index in [4.69, 9.17) is 4.42 Å². The van der Waals surface area contributed by atoms with Crippen molar-refractivity contribution in [2.24, 2.45) is 0 Å². The summed E-state index contributed by atoms with van der Waals surface area (Å²) in [6.07, 6.45) is 1.43. The number of nitrogens with zero attached hydrogens (tertiary/aromatic N) is 2. The largest absolute Gasteiger partial charge is 0.459 e. The van der Waals surface area contributed by atoms with Gasteiger partial charge in [0.15, 0.2) is 5.76 Å². The summed E-state index contributed by atoms with van der Waals surface area (Å²) in [6.45, 7) is 7.41. The number of benzene rings is 2. The van der Waals surface area contributed by atoms with Crippen LogP contribution in [0.3, 0.4) is 0 Å². The normalized spacial score (nSPS) is 14.3. The zero-order chi connectivity index (χ0) is 21.6. The molecule has 0 radical (unpaired) electrons. The number of nitrogens with one attached hydrogen (secondary N) is 2. The van der Waals surface area contributed by atoms with Gasteiger partial charge in [-0.1, -0.05) is 19.1 Å². The van der Waals surface area contributed by atoms with Crippen LogP contribution in [0.25, 0.3) is 0 Å². The van der Waals surface area contributed by atoms with Crippen molar-refractivity contribution in [1.29, 1.82) is 0 Å². The maximum atomic E-state index is 12.9. The molecule has 2 N–H and O–H groups in total. The number of carbonyl (C=O) groups excluding carboxylic acids is 2. The minimum atomic E-state index is -0.405. The number of likely N-dealkylation sites (N-methyl/N-ethyl adjacent to an activating group) is 1. The van der Waals surface area contributed by atoms with Crippen molar-refractivity contribution in [3.63, 3.8) is 0 Å². The summed E-state index contributed by atoms with van der Waals surface area (Å²) in [5, 5.41) is 5.65. The van der Waals surface area contributed by atoms with Crippen LogP contribution in [-0.4, -0.2) is 49.4 Å². The van der Waals surface area contributed by atoms with Crippen molar-refractivity contribution < 1.29 is 14.0 Å². The van der Waals surface area contributed by atoms with Crippen molar-refractivity contribution in [3.05, 3.63) is 78.3 Å². The van der Waals surface area contributed by atoms with Gasteiger partial charge in [-0.05, 0) is 55.1 Å². The first-order valence-electron chi connectivity index (χ1n) is 10.5. The van der Waals surface area contributed by atoms with E-state index in [-0.39, 0.29) is 11.7 Å². The fraction of sp³-hybridized carbons (Fsp3) is 0.250. The first-order valence-corrected chi connectivity index (χ1v) is 10.5. The van der Waals surface area contributed by atoms with Gasteiger partial charge < -0.3 is 24.9 Å². The Morgan fingerprint density at radius 1 is 0.871 bits per heavy atom. The molecular formula is C24H26N4O3. The van der Waals surface area contributed by atoms with Crippen LogP contribution in [0.1, 0.15) is 27.8 Å². The summed E-state index contributed by atoms with van der Waals surface area (Å²) >= 11 is 0. The summed E-state index contributed by atoms with van der Waals surface area (Å²) in [5.41, 5.74) is 2.65. The maximum absolute atomic E-state index is 12.9. The molecule has 2 heterocycles. The van der Waals surface area contributed by atoms with Crippen LogP contribution >= 0.6 is 0 Å². The van der Waals surface area contributed by atoms with Crippen LogP contribution in [0.5, 0.6) is 0 Å². The molecule has 4 rings (SSSR count). The van der Waals surface area contributed by atoms with Crippen molar-refractivity contribution >= 4 is 28.9 Å². The van der Waals surface area contributed by atoms with Gasteiger partial charge in [0.25, 0.3) is 11.8 Å². The fourth-order valence-corrected chi connectivity index (χ4v) is 3.66. The molecule has 2 amide bonds. The molecule has 3 aromatic rings. The number of hydrogen-bond donors (Lipinski definition) is 2. The highest BCUT2D eigenvalue weighted by Gasteiger charge is 2.17. The lowest BCUT2D eigenvalue weighted by Crippen LogP contribution is -2.46. The molecule has 7 nitrogen and oxygen atoms in total. The first-order chi connectivity index (χ1) is 15.1. The smallest absolute Gasteiger partial charge is 0.291 e. The Morgan fingerprint density at radius 3 is 2.29 bits per heavy atom. The Balaban J connectivity index is 1.41. The van der Waals surface area contributed by atoms with E-state index >= 15 is 0 Å². The SMILES string of the molecule is CCN1CCN(c2ccc(NC(=O)c3ccccc3NC(=O)c3ccco3)cc2)CC1. The number of para-hydroxylation sites is 1. The molecule has 0 aliphatic carbocycles. The molecule has 0 bridgehead atoms. The molecular weight excluding hydrogens is 392 g/mol. The predicted molar refractivity (Wildman–Crippen MR) is 122 cm³/mol. The van der Waals surface area contributed by atoms with Gasteiger partial charge in [-0.2, -0.15) is 0 Å². The fourth-order valence-electron chi connectivity index (χ4n) is 3.66. The zero-order valence-electron chi connectivity index (χ0n) is 17.5. The number of carbonyl (C=O) groups is 2. The highest BCUT2D eigenvalue weighted by atomic mass is 16.3. The second kappa shape index (κ2) is 9.49. The summed E-state index contributed by atoms with van der Waals surface area (Å²) in [7, 11) is 0. The van der Waals surface area contributed by atoms with Crippen LogP contribution in [0, 0.1) is 0 Å². The number of anilines is 3. The van der Waals surface area contributed by atoms with E-state index in [9.17, 15) is 9.59 Å². The summed E-state index contributed by atoms with van der Waals surface area (Å²) < 4.78 is 5.12. The Bertz CT molecular complexity index is 1020. The van der Waals surface area contributed by atoms with Gasteiger partial charge >= 0.3 is 0 Å². The van der Waals surface area contributed by atoms with Gasteiger partial charge in [0.1, 0.15) is 0 Å². The van der Waals surface area contributed by atoms with Crippen LogP contribution in [0.2, 0.25) is 0 Å². The average molecular weight is 418 g/mol. The molecule has 31 heavy (non-hydrogen) atoms. The Kier molecular flexibility index (Phi) is 6.33. The zero-order valence-corrected chi connectivity index (χ0v) is 17.5. The number of hydrogen-bond acceptors (Lipinski definition) is 5. The second-order valence-electron chi connectivity index (χ2n) is 7.40. The highest BCUT2D eigenvalue weighted by molar-refractivity contribution is 6.12. The molecule has 1 aliphatic heterocycles. The van der Waals surface area contributed by atoms with Crippen molar-refractivity contribution in [3.8, 4) is 0 Å². The van der Waals surface area contributed by atoms with E-state index in [1.165, 1.54) is 6.26 Å². The average Bonchev–Trinajstić information content (AvgIpc) is 3.35. The summed E-state index contributed by atoms with van der Waals surface area (Å²) in [6, 6.07) is 18.0. The lowest BCUT2D eigenvalue weighted by Gasteiger charge is -2.35. The third kappa shape index (κ3) is 4.95. The van der Waals surface area contributed by atoms with Gasteiger partial charge in [-0.15, -0.1) is 0 Å². The van der Waals surface area contributed by atoms with Crippen LogP contribution < -0.4 is 15.5 Å². The molecule has 1 fully saturated rings. The highest BCUT2D eigenvalue weighted by Crippen LogP contribution is 2.22. The number of piperazine rings is 1. The van der Waals surface area contributed by atoms with Gasteiger partial charge in [-0.25, -0.2) is 0 Å². The van der Waals surface area contributed by atoms with Gasteiger partial charge in [0.2, 0.25) is 0 Å². The van der Waals surface area contributed by atoms with Crippen LogP contribution in [0.15, 0.2) is 71.3 Å². The Labute approximate surface area is 181 Å². The monoisotopic (exact) mass is 418 g/mol.